The second-order valence-electron chi connectivity index (χ2n) is 13.6. The van der Waals surface area contributed by atoms with Crippen LogP contribution in [0.25, 0.3) is 0 Å². The molecule has 270 valence electrons. The van der Waals surface area contributed by atoms with Gasteiger partial charge in [-0.2, -0.15) is 5.01 Å². The summed E-state index contributed by atoms with van der Waals surface area (Å²) >= 11 is 14.9. The maximum atomic E-state index is 15.4. The number of nitrogens with zero attached hydrogens (tertiary/aromatic N) is 2. The van der Waals surface area contributed by atoms with Crippen molar-refractivity contribution in [2.75, 3.05) is 24.5 Å². The number of imide groups is 2. The number of carbonyl (C=O) groups excluding carboxylic acids is 4. The van der Waals surface area contributed by atoms with Crippen LogP contribution in [0.15, 0.2) is 96.6 Å². The first-order valence-corrected chi connectivity index (χ1v) is 18.8. The molecule has 2 saturated heterocycles. The molecule has 4 aliphatic rings. The van der Waals surface area contributed by atoms with Gasteiger partial charge in [0.15, 0.2) is 0 Å². The second kappa shape index (κ2) is 13.4. The number of hydrazine groups is 1. The molecule has 3 fully saturated rings. The van der Waals surface area contributed by atoms with Crippen molar-refractivity contribution in [2.45, 2.75) is 24.2 Å². The van der Waals surface area contributed by atoms with E-state index in [1.807, 2.05) is 18.2 Å². The fourth-order valence-electron chi connectivity index (χ4n) is 8.93. The standard InChI is InChI=1S/C40H32Cl2IN3O7/c1-52-24-10-3-20(4-11-24)40-30(37(49)46(39(40)51)44-32-16-5-21(41)17-31(32)42)19-29-26(35(40)27-13-12-25(53-2)18-33(27)47)14-15-28-34(29)38(50)45(36(28)48)23-8-6-22(43)7-9-23/h3-14,16-18,28-30,34-35,44,47H,15,19H2,1-2H3. The van der Waals surface area contributed by atoms with Crippen LogP contribution in [0.1, 0.15) is 29.9 Å². The lowest BCUT2D eigenvalue weighted by Crippen LogP contribution is -2.53. The van der Waals surface area contributed by atoms with E-state index in [2.05, 4.69) is 28.0 Å². The van der Waals surface area contributed by atoms with Crippen molar-refractivity contribution in [3.8, 4) is 17.2 Å². The van der Waals surface area contributed by atoms with Crippen molar-refractivity contribution >= 4 is 80.8 Å². The first-order chi connectivity index (χ1) is 25.5. The molecule has 13 heteroatoms. The Morgan fingerprint density at radius 2 is 1.53 bits per heavy atom. The Hall–Kier alpha value is -4.59. The van der Waals surface area contributed by atoms with E-state index in [9.17, 15) is 19.5 Å². The van der Waals surface area contributed by atoms with Crippen molar-refractivity contribution in [3.05, 3.63) is 121 Å². The zero-order valence-electron chi connectivity index (χ0n) is 28.4. The molecule has 8 rings (SSSR count). The van der Waals surface area contributed by atoms with Gasteiger partial charge in [-0.25, -0.2) is 0 Å². The lowest BCUT2D eigenvalue weighted by Gasteiger charge is -2.50. The maximum absolute atomic E-state index is 15.4. The van der Waals surface area contributed by atoms with Crippen LogP contribution in [0.3, 0.4) is 0 Å². The van der Waals surface area contributed by atoms with Crippen LogP contribution in [0.4, 0.5) is 11.4 Å². The maximum Gasteiger partial charge on any atom is 0.260 e. The number of aromatic hydroxyl groups is 1. The summed E-state index contributed by atoms with van der Waals surface area (Å²) in [6.07, 6.45) is 2.26. The Labute approximate surface area is 328 Å². The van der Waals surface area contributed by atoms with Gasteiger partial charge in [0.2, 0.25) is 11.8 Å². The first kappa shape index (κ1) is 35.4. The Kier molecular flexibility index (Phi) is 8.94. The van der Waals surface area contributed by atoms with E-state index in [4.69, 9.17) is 32.7 Å². The summed E-state index contributed by atoms with van der Waals surface area (Å²) < 4.78 is 11.8. The number of phenolic OH excluding ortho intramolecular Hbond substituents is 1. The number of rotatable bonds is 7. The second-order valence-corrected chi connectivity index (χ2v) is 15.7. The van der Waals surface area contributed by atoms with Gasteiger partial charge >= 0.3 is 0 Å². The van der Waals surface area contributed by atoms with E-state index in [1.165, 1.54) is 31.3 Å². The SMILES string of the molecule is COc1ccc(C23C(=O)N(Nc4ccc(Cl)cc4Cl)C(=O)C2CC2C(=CCC4C(=O)N(c5ccc(I)cc5)C(=O)C42)C3c2ccc(OC)cc2O)cc1. The van der Waals surface area contributed by atoms with E-state index in [0.717, 1.165) is 8.58 Å². The zero-order valence-corrected chi connectivity index (χ0v) is 32.1. The molecular weight excluding hydrogens is 832 g/mol. The number of phenols is 1. The molecule has 6 atom stereocenters. The van der Waals surface area contributed by atoms with Gasteiger partial charge in [0.1, 0.15) is 17.2 Å². The molecule has 2 aliphatic carbocycles. The molecule has 2 aliphatic heterocycles. The molecular formula is C40H32Cl2IN3O7. The average Bonchev–Trinajstić information content (AvgIpc) is 3.53. The summed E-state index contributed by atoms with van der Waals surface area (Å²) in [5.74, 6) is -5.03. The number of fused-ring (bicyclic) bond motifs is 4. The van der Waals surface area contributed by atoms with Crippen molar-refractivity contribution in [1.29, 1.82) is 0 Å². The lowest BCUT2D eigenvalue weighted by atomic mass is 9.49. The Bertz CT molecular complexity index is 2230. The largest absolute Gasteiger partial charge is 0.508 e. The number of methoxy groups -OCH3 is 2. The monoisotopic (exact) mass is 863 g/mol. The van der Waals surface area contributed by atoms with E-state index in [0.29, 0.717) is 38.9 Å². The van der Waals surface area contributed by atoms with Gasteiger partial charge in [0, 0.05) is 26.1 Å². The molecule has 0 aromatic heterocycles. The van der Waals surface area contributed by atoms with Gasteiger partial charge in [-0.3, -0.25) is 29.5 Å². The summed E-state index contributed by atoms with van der Waals surface area (Å²) in [4.78, 5) is 60.1. The van der Waals surface area contributed by atoms with E-state index < -0.39 is 46.8 Å². The highest BCUT2D eigenvalue weighted by Crippen LogP contribution is 2.65. The molecule has 0 spiro atoms. The molecule has 0 radical (unpaired) electrons. The minimum Gasteiger partial charge on any atom is -0.508 e. The minimum atomic E-state index is -1.61. The van der Waals surface area contributed by atoms with Gasteiger partial charge in [0.25, 0.3) is 11.8 Å². The molecule has 4 aromatic rings. The highest BCUT2D eigenvalue weighted by molar-refractivity contribution is 14.1. The predicted octanol–water partition coefficient (Wildman–Crippen LogP) is 7.51. The fraction of sp³-hybridized carbons (Fsp3) is 0.250. The van der Waals surface area contributed by atoms with E-state index >= 15 is 4.79 Å². The van der Waals surface area contributed by atoms with E-state index in [-0.39, 0.29) is 41.1 Å². The predicted molar refractivity (Wildman–Crippen MR) is 207 cm³/mol. The smallest absolute Gasteiger partial charge is 0.260 e. The lowest BCUT2D eigenvalue weighted by molar-refractivity contribution is -0.138. The number of allylic oxidation sites excluding steroid dienone is 2. The van der Waals surface area contributed by atoms with Gasteiger partial charge in [-0.05, 0) is 108 Å². The van der Waals surface area contributed by atoms with Crippen LogP contribution in [-0.2, 0) is 24.6 Å². The van der Waals surface area contributed by atoms with Crippen molar-refractivity contribution in [3.63, 3.8) is 0 Å². The number of ether oxygens (including phenoxy) is 2. The molecule has 53 heavy (non-hydrogen) atoms. The average molecular weight is 865 g/mol. The quantitative estimate of drug-likeness (QED) is 0.111. The highest BCUT2D eigenvalue weighted by Gasteiger charge is 2.70. The van der Waals surface area contributed by atoms with Crippen LogP contribution in [0.5, 0.6) is 17.2 Å². The summed E-state index contributed by atoms with van der Waals surface area (Å²) in [6.45, 7) is 0. The van der Waals surface area contributed by atoms with Gasteiger partial charge in [0.05, 0.1) is 53.8 Å². The number of halogens is 3. The normalized spacial score (nSPS) is 26.2. The van der Waals surface area contributed by atoms with Crippen LogP contribution in [0, 0.1) is 27.2 Å². The molecule has 1 saturated carbocycles. The first-order valence-electron chi connectivity index (χ1n) is 16.9. The Morgan fingerprint density at radius 3 is 2.19 bits per heavy atom. The number of hydrogen-bond acceptors (Lipinski definition) is 8. The molecule has 6 unspecified atom stereocenters. The molecule has 0 bridgehead atoms. The number of amides is 4. The van der Waals surface area contributed by atoms with Crippen LogP contribution in [0.2, 0.25) is 10.0 Å². The number of anilines is 2. The van der Waals surface area contributed by atoms with Crippen LogP contribution >= 0.6 is 45.8 Å². The summed E-state index contributed by atoms with van der Waals surface area (Å²) in [5.41, 5.74) is 3.72. The van der Waals surface area contributed by atoms with Crippen molar-refractivity contribution < 1.29 is 33.8 Å². The summed E-state index contributed by atoms with van der Waals surface area (Å²) in [5, 5.41) is 13.3. The Balaban J connectivity index is 1.34. The van der Waals surface area contributed by atoms with Gasteiger partial charge in [-0.15, -0.1) is 0 Å². The zero-order chi connectivity index (χ0) is 37.3. The van der Waals surface area contributed by atoms with E-state index in [1.54, 1.807) is 60.7 Å². The molecule has 2 heterocycles. The molecule has 4 amide bonds. The van der Waals surface area contributed by atoms with Crippen molar-refractivity contribution in [1.82, 2.24) is 5.01 Å². The number of nitrogens with one attached hydrogen (secondary N) is 1. The topological polar surface area (TPSA) is 125 Å². The molecule has 2 N–H and O–H groups in total. The van der Waals surface area contributed by atoms with Crippen LogP contribution in [-0.4, -0.2) is 48.0 Å². The summed E-state index contributed by atoms with van der Waals surface area (Å²) in [7, 11) is 3.02. The third kappa shape index (κ3) is 5.41. The summed E-state index contributed by atoms with van der Waals surface area (Å²) in [6, 6.07) is 23.7. The third-order valence-corrected chi connectivity index (χ3v) is 12.5. The molecule has 10 nitrogen and oxygen atoms in total. The number of carbonyl (C=O) groups is 4. The fourth-order valence-corrected chi connectivity index (χ4v) is 9.74. The minimum absolute atomic E-state index is 0.0864. The third-order valence-electron chi connectivity index (χ3n) is 11.2. The molecule has 4 aromatic carbocycles. The number of benzene rings is 4. The highest BCUT2D eigenvalue weighted by atomic mass is 127. The van der Waals surface area contributed by atoms with Crippen LogP contribution < -0.4 is 19.8 Å². The Morgan fingerprint density at radius 1 is 0.830 bits per heavy atom. The van der Waals surface area contributed by atoms with Gasteiger partial charge < -0.3 is 14.6 Å². The van der Waals surface area contributed by atoms with Crippen molar-refractivity contribution in [2.24, 2.45) is 23.7 Å². The van der Waals surface area contributed by atoms with Gasteiger partial charge in [-0.1, -0.05) is 53.1 Å². The number of hydrogen-bond donors (Lipinski definition) is 2.